The molecule has 0 spiro atoms. The number of hydrogen-bond acceptors (Lipinski definition) is 3. The number of primary amides is 1. The van der Waals surface area contributed by atoms with Gasteiger partial charge in [-0.25, -0.2) is 0 Å². The quantitative estimate of drug-likeness (QED) is 0.578. The first-order valence-corrected chi connectivity index (χ1v) is 4.77. The number of nitrogens with zero attached hydrogens (tertiary/aromatic N) is 1. The molecule has 0 radical (unpaired) electrons. The Bertz CT molecular complexity index is 148. The first kappa shape index (κ1) is 12.4. The van der Waals surface area contributed by atoms with Crippen molar-refractivity contribution in [3.63, 3.8) is 0 Å². The lowest BCUT2D eigenvalue weighted by Crippen LogP contribution is -2.37. The monoisotopic (exact) mass is 187 g/mol. The lowest BCUT2D eigenvalue weighted by atomic mass is 10.2. The van der Waals surface area contributed by atoms with Crippen LogP contribution in [0.25, 0.3) is 0 Å². The Kier molecular flexibility index (Phi) is 6.54. The van der Waals surface area contributed by atoms with Crippen LogP contribution in [0.1, 0.15) is 20.3 Å². The maximum Gasteiger partial charge on any atom is 0.231 e. The van der Waals surface area contributed by atoms with Gasteiger partial charge in [0, 0.05) is 6.54 Å². The normalized spacial score (nSPS) is 11.2. The summed E-state index contributed by atoms with van der Waals surface area (Å²) in [6.07, 6.45) is 0.917. The highest BCUT2D eigenvalue weighted by molar-refractivity contribution is 5.75. The van der Waals surface area contributed by atoms with Gasteiger partial charge in [-0.05, 0) is 25.4 Å². The van der Waals surface area contributed by atoms with E-state index >= 15 is 0 Å². The van der Waals surface area contributed by atoms with E-state index in [4.69, 9.17) is 11.5 Å². The van der Waals surface area contributed by atoms with E-state index in [1.165, 1.54) is 0 Å². The second kappa shape index (κ2) is 6.86. The Hall–Kier alpha value is -0.610. The van der Waals surface area contributed by atoms with Crippen LogP contribution in [0.4, 0.5) is 0 Å². The van der Waals surface area contributed by atoms with Gasteiger partial charge in [-0.2, -0.15) is 0 Å². The highest BCUT2D eigenvalue weighted by atomic mass is 16.1. The van der Waals surface area contributed by atoms with E-state index < -0.39 is 0 Å². The molecule has 1 amide bonds. The average molecular weight is 187 g/mol. The largest absolute Gasteiger partial charge is 0.369 e. The number of hydrogen-bond donors (Lipinski definition) is 2. The molecule has 0 bridgehead atoms. The molecule has 78 valence electrons. The maximum absolute atomic E-state index is 10.7. The van der Waals surface area contributed by atoms with Gasteiger partial charge in [0.25, 0.3) is 0 Å². The molecular weight excluding hydrogens is 166 g/mol. The SMILES string of the molecule is CC(C)CN(CCCN)CC(N)=O. The van der Waals surface area contributed by atoms with Gasteiger partial charge in [0.05, 0.1) is 6.54 Å². The molecule has 0 aliphatic rings. The summed E-state index contributed by atoms with van der Waals surface area (Å²) >= 11 is 0. The van der Waals surface area contributed by atoms with E-state index in [2.05, 4.69) is 18.7 Å². The molecule has 0 aliphatic carbocycles. The Labute approximate surface area is 80.3 Å². The van der Waals surface area contributed by atoms with Crippen LogP contribution < -0.4 is 11.5 Å². The minimum absolute atomic E-state index is 0.266. The Balaban J connectivity index is 3.80. The summed E-state index contributed by atoms with van der Waals surface area (Å²) in [6, 6.07) is 0. The standard InChI is InChI=1S/C9H21N3O/c1-8(2)6-12(5-3-4-10)7-9(11)13/h8H,3-7,10H2,1-2H3,(H2,11,13). The predicted molar refractivity (Wildman–Crippen MR) is 54.1 cm³/mol. The first-order chi connectivity index (χ1) is 6.06. The van der Waals surface area contributed by atoms with Crippen molar-refractivity contribution in [2.75, 3.05) is 26.2 Å². The van der Waals surface area contributed by atoms with E-state index in [1.807, 2.05) is 0 Å². The highest BCUT2D eigenvalue weighted by Crippen LogP contribution is 1.98. The van der Waals surface area contributed by atoms with Crippen molar-refractivity contribution < 1.29 is 4.79 Å². The smallest absolute Gasteiger partial charge is 0.231 e. The Morgan fingerprint density at radius 1 is 1.46 bits per heavy atom. The predicted octanol–water partition coefficient (Wildman–Crippen LogP) is -0.221. The fourth-order valence-corrected chi connectivity index (χ4v) is 1.29. The summed E-state index contributed by atoms with van der Waals surface area (Å²) in [5.41, 5.74) is 10.5. The molecule has 13 heavy (non-hydrogen) atoms. The zero-order valence-corrected chi connectivity index (χ0v) is 8.62. The highest BCUT2D eigenvalue weighted by Gasteiger charge is 2.08. The molecule has 0 fully saturated rings. The van der Waals surface area contributed by atoms with Gasteiger partial charge in [-0.15, -0.1) is 0 Å². The van der Waals surface area contributed by atoms with Gasteiger partial charge in [0.1, 0.15) is 0 Å². The topological polar surface area (TPSA) is 72.3 Å². The third-order valence-electron chi connectivity index (χ3n) is 1.68. The second-order valence-corrected chi connectivity index (χ2v) is 3.74. The van der Waals surface area contributed by atoms with Crippen molar-refractivity contribution in [3.05, 3.63) is 0 Å². The van der Waals surface area contributed by atoms with Crippen LogP contribution in [0.2, 0.25) is 0 Å². The third kappa shape index (κ3) is 7.74. The summed E-state index contributed by atoms with van der Waals surface area (Å²) < 4.78 is 0. The maximum atomic E-state index is 10.7. The van der Waals surface area contributed by atoms with E-state index in [-0.39, 0.29) is 5.91 Å². The van der Waals surface area contributed by atoms with Crippen LogP contribution >= 0.6 is 0 Å². The average Bonchev–Trinajstić information content (AvgIpc) is 1.98. The van der Waals surface area contributed by atoms with Crippen LogP contribution in [0.3, 0.4) is 0 Å². The Morgan fingerprint density at radius 2 is 2.08 bits per heavy atom. The van der Waals surface area contributed by atoms with Crippen molar-refractivity contribution in [1.82, 2.24) is 4.90 Å². The van der Waals surface area contributed by atoms with Crippen LogP contribution in [-0.4, -0.2) is 37.0 Å². The number of rotatable bonds is 7. The van der Waals surface area contributed by atoms with Gasteiger partial charge in [-0.1, -0.05) is 13.8 Å². The van der Waals surface area contributed by atoms with E-state index in [9.17, 15) is 4.79 Å². The van der Waals surface area contributed by atoms with E-state index in [0.29, 0.717) is 19.0 Å². The summed E-state index contributed by atoms with van der Waals surface area (Å²) in [7, 11) is 0. The van der Waals surface area contributed by atoms with Gasteiger partial charge >= 0.3 is 0 Å². The minimum Gasteiger partial charge on any atom is -0.369 e. The summed E-state index contributed by atoms with van der Waals surface area (Å²) in [6.45, 7) is 7.01. The zero-order valence-electron chi connectivity index (χ0n) is 8.62. The van der Waals surface area contributed by atoms with Crippen LogP contribution in [0, 0.1) is 5.92 Å². The van der Waals surface area contributed by atoms with Gasteiger partial charge in [0.15, 0.2) is 0 Å². The molecule has 0 aromatic carbocycles. The minimum atomic E-state index is -0.266. The molecule has 4 heteroatoms. The summed E-state index contributed by atoms with van der Waals surface area (Å²) in [5.74, 6) is 0.287. The molecule has 0 atom stereocenters. The summed E-state index contributed by atoms with van der Waals surface area (Å²) in [5, 5.41) is 0. The Morgan fingerprint density at radius 3 is 2.46 bits per heavy atom. The molecule has 0 rings (SSSR count). The van der Waals surface area contributed by atoms with Crippen molar-refractivity contribution >= 4 is 5.91 Å². The first-order valence-electron chi connectivity index (χ1n) is 4.77. The third-order valence-corrected chi connectivity index (χ3v) is 1.68. The van der Waals surface area contributed by atoms with E-state index in [0.717, 1.165) is 19.5 Å². The van der Waals surface area contributed by atoms with Gasteiger partial charge < -0.3 is 11.5 Å². The molecule has 0 aromatic heterocycles. The fourth-order valence-electron chi connectivity index (χ4n) is 1.29. The number of nitrogens with two attached hydrogens (primary N) is 2. The number of carbonyl (C=O) groups is 1. The van der Waals surface area contributed by atoms with Crippen molar-refractivity contribution in [2.45, 2.75) is 20.3 Å². The van der Waals surface area contributed by atoms with E-state index in [1.54, 1.807) is 0 Å². The molecule has 4 N–H and O–H groups in total. The van der Waals surface area contributed by atoms with Crippen molar-refractivity contribution in [2.24, 2.45) is 17.4 Å². The second-order valence-electron chi connectivity index (χ2n) is 3.74. The van der Waals surface area contributed by atoms with Crippen LogP contribution in [0.5, 0.6) is 0 Å². The fraction of sp³-hybridized carbons (Fsp3) is 0.889. The summed E-state index contributed by atoms with van der Waals surface area (Å²) in [4.78, 5) is 12.8. The lowest BCUT2D eigenvalue weighted by Gasteiger charge is -2.22. The number of amides is 1. The van der Waals surface area contributed by atoms with Gasteiger partial charge in [0.2, 0.25) is 5.91 Å². The number of carbonyl (C=O) groups excluding carboxylic acids is 1. The van der Waals surface area contributed by atoms with Crippen molar-refractivity contribution in [3.8, 4) is 0 Å². The van der Waals surface area contributed by atoms with Crippen LogP contribution in [0.15, 0.2) is 0 Å². The van der Waals surface area contributed by atoms with Gasteiger partial charge in [-0.3, -0.25) is 9.69 Å². The van der Waals surface area contributed by atoms with Crippen molar-refractivity contribution in [1.29, 1.82) is 0 Å². The van der Waals surface area contributed by atoms with Crippen LogP contribution in [-0.2, 0) is 4.79 Å². The molecule has 0 aliphatic heterocycles. The molecule has 0 saturated carbocycles. The molecular formula is C9H21N3O. The molecule has 0 saturated heterocycles. The molecule has 0 unspecified atom stereocenters. The zero-order chi connectivity index (χ0) is 10.3. The molecule has 4 nitrogen and oxygen atoms in total. The molecule has 0 aromatic rings. The molecule has 0 heterocycles. The lowest BCUT2D eigenvalue weighted by molar-refractivity contribution is -0.119.